The van der Waals surface area contributed by atoms with Crippen LogP contribution in [0.5, 0.6) is 0 Å². The number of carbonyl (C=O) groups is 2. The van der Waals surface area contributed by atoms with Crippen LogP contribution in [0.25, 0.3) is 0 Å². The number of anilines is 2. The Bertz CT molecular complexity index is 822. The Labute approximate surface area is 161 Å². The molecule has 0 saturated heterocycles. The number of nitrogens with one attached hydrogen (secondary N) is 2. The molecule has 2 aromatic rings. The smallest absolute Gasteiger partial charge is 0.319 e. The Kier molecular flexibility index (Phi) is 5.61. The summed E-state index contributed by atoms with van der Waals surface area (Å²) in [6.45, 7) is 4.52. The number of carbonyl (C=O) groups excluding carboxylic acids is 2. The van der Waals surface area contributed by atoms with E-state index in [2.05, 4.69) is 26.6 Å². The number of para-hydroxylation sites is 2. The number of benzene rings is 2. The van der Waals surface area contributed by atoms with E-state index in [4.69, 9.17) is 0 Å². The molecule has 3 amide bonds. The molecule has 0 bridgehead atoms. The van der Waals surface area contributed by atoms with Crippen molar-refractivity contribution in [2.75, 3.05) is 16.8 Å². The van der Waals surface area contributed by atoms with E-state index in [9.17, 15) is 9.59 Å². The van der Waals surface area contributed by atoms with Gasteiger partial charge in [0.15, 0.2) is 0 Å². The Morgan fingerprint density at radius 1 is 1.08 bits per heavy atom. The first kappa shape index (κ1) is 18.5. The van der Waals surface area contributed by atoms with E-state index in [-0.39, 0.29) is 11.8 Å². The number of nitrogens with zero attached hydrogens (tertiary/aromatic N) is 1. The van der Waals surface area contributed by atoms with Gasteiger partial charge in [0.25, 0.3) is 0 Å². The highest BCUT2D eigenvalue weighted by molar-refractivity contribution is 9.10. The number of rotatable bonds is 4. The summed E-state index contributed by atoms with van der Waals surface area (Å²) < 4.78 is 0.788. The topological polar surface area (TPSA) is 61.4 Å². The van der Waals surface area contributed by atoms with Crippen LogP contribution in [0.15, 0.2) is 53.0 Å². The lowest BCUT2D eigenvalue weighted by Gasteiger charge is -2.27. The van der Waals surface area contributed by atoms with Gasteiger partial charge in [-0.05, 0) is 52.0 Å². The maximum absolute atomic E-state index is 13.1. The fraction of sp³-hybridized carbons (Fsp3) is 0.300. The highest BCUT2D eigenvalue weighted by Crippen LogP contribution is 2.28. The Morgan fingerprint density at radius 3 is 2.50 bits per heavy atom. The normalized spacial score (nSPS) is 14.1. The molecule has 136 valence electrons. The zero-order chi connectivity index (χ0) is 18.7. The molecule has 0 saturated carbocycles. The minimum atomic E-state index is -0.594. The summed E-state index contributed by atoms with van der Waals surface area (Å²) in [6.07, 6.45) is 0.843. The number of halogens is 1. The molecule has 0 radical (unpaired) electrons. The minimum absolute atomic E-state index is 0.0276. The zero-order valence-electron chi connectivity index (χ0n) is 14.8. The zero-order valence-corrected chi connectivity index (χ0v) is 16.4. The lowest BCUT2D eigenvalue weighted by molar-refractivity contribution is -0.121. The van der Waals surface area contributed by atoms with Gasteiger partial charge in [0.1, 0.15) is 6.04 Å². The van der Waals surface area contributed by atoms with Crippen molar-refractivity contribution in [3.63, 3.8) is 0 Å². The van der Waals surface area contributed by atoms with E-state index in [1.807, 2.05) is 56.3 Å². The third-order valence-corrected chi connectivity index (χ3v) is 5.19. The minimum Gasteiger partial charge on any atom is -0.326 e. The molecule has 2 N–H and O–H groups in total. The van der Waals surface area contributed by atoms with Crippen molar-refractivity contribution < 1.29 is 9.59 Å². The molecule has 3 rings (SSSR count). The maximum atomic E-state index is 13.1. The summed E-state index contributed by atoms with van der Waals surface area (Å²) in [5.41, 5.74) is 2.77. The van der Waals surface area contributed by atoms with Crippen LogP contribution in [0.2, 0.25) is 0 Å². The van der Waals surface area contributed by atoms with Crippen LogP contribution in [-0.4, -0.2) is 24.5 Å². The Morgan fingerprint density at radius 2 is 1.77 bits per heavy atom. The lowest BCUT2D eigenvalue weighted by Crippen LogP contribution is -2.52. The van der Waals surface area contributed by atoms with Gasteiger partial charge in [0.2, 0.25) is 5.91 Å². The number of hydrogen-bond donors (Lipinski definition) is 2. The first-order valence-corrected chi connectivity index (χ1v) is 9.48. The molecule has 1 aliphatic heterocycles. The Balaban J connectivity index is 1.72. The molecule has 1 aliphatic rings. The predicted octanol–water partition coefficient (Wildman–Crippen LogP) is 4.18. The maximum Gasteiger partial charge on any atom is 0.319 e. The average Bonchev–Trinajstić information content (AvgIpc) is 3.05. The summed E-state index contributed by atoms with van der Waals surface area (Å²) in [6, 6.07) is 14.3. The Hall–Kier alpha value is -2.34. The van der Waals surface area contributed by atoms with Crippen molar-refractivity contribution in [2.45, 2.75) is 26.3 Å². The summed E-state index contributed by atoms with van der Waals surface area (Å²) in [5.74, 6) is -0.104. The highest BCUT2D eigenvalue weighted by Gasteiger charge is 2.32. The molecule has 5 nitrogen and oxygen atoms in total. The van der Waals surface area contributed by atoms with Crippen LogP contribution < -0.4 is 15.5 Å². The molecule has 2 aromatic carbocycles. The number of fused-ring (bicyclic) bond motifs is 1. The van der Waals surface area contributed by atoms with Crippen molar-refractivity contribution >= 4 is 39.2 Å². The fourth-order valence-corrected chi connectivity index (χ4v) is 3.49. The van der Waals surface area contributed by atoms with Gasteiger partial charge in [-0.2, -0.15) is 0 Å². The highest BCUT2D eigenvalue weighted by atomic mass is 79.9. The van der Waals surface area contributed by atoms with Crippen molar-refractivity contribution in [3.05, 3.63) is 58.6 Å². The summed E-state index contributed by atoms with van der Waals surface area (Å²) in [4.78, 5) is 27.3. The first-order valence-electron chi connectivity index (χ1n) is 8.68. The van der Waals surface area contributed by atoms with Crippen molar-refractivity contribution in [1.82, 2.24) is 5.32 Å². The molecule has 0 spiro atoms. The van der Waals surface area contributed by atoms with Gasteiger partial charge in [-0.15, -0.1) is 0 Å². The fourth-order valence-electron chi connectivity index (χ4n) is 3.11. The van der Waals surface area contributed by atoms with Gasteiger partial charge in [0.05, 0.1) is 5.69 Å². The molecule has 0 aromatic heterocycles. The van der Waals surface area contributed by atoms with E-state index in [0.717, 1.165) is 16.6 Å². The van der Waals surface area contributed by atoms with E-state index in [1.165, 1.54) is 5.56 Å². The van der Waals surface area contributed by atoms with E-state index in [1.54, 1.807) is 11.0 Å². The van der Waals surface area contributed by atoms with Crippen molar-refractivity contribution in [3.8, 4) is 0 Å². The molecule has 0 fully saturated rings. The van der Waals surface area contributed by atoms with Gasteiger partial charge in [0, 0.05) is 16.7 Å². The third kappa shape index (κ3) is 3.90. The van der Waals surface area contributed by atoms with Crippen LogP contribution in [-0.2, 0) is 11.2 Å². The molecule has 0 unspecified atom stereocenters. The quantitative estimate of drug-likeness (QED) is 0.786. The molecule has 1 heterocycles. The average molecular weight is 416 g/mol. The van der Waals surface area contributed by atoms with E-state index < -0.39 is 12.1 Å². The largest absolute Gasteiger partial charge is 0.326 e. The SMILES string of the molecule is CC(C)[C@@H](NC(=O)Nc1ccccc1Br)C(=O)N1CCc2ccccc21. The second-order valence-corrected chi connectivity index (χ2v) is 7.52. The van der Waals surface area contributed by atoms with Gasteiger partial charge in [-0.1, -0.05) is 44.2 Å². The van der Waals surface area contributed by atoms with Crippen LogP contribution in [0.1, 0.15) is 19.4 Å². The standard InChI is InChI=1S/C20H22BrN3O2/c1-13(2)18(23-20(26)22-16-9-5-4-8-15(16)21)19(25)24-12-11-14-7-3-6-10-17(14)24/h3-10,13,18H,11-12H2,1-2H3,(H2,22,23,26)/t18-/m1/s1. The summed E-state index contributed by atoms with van der Waals surface area (Å²) in [5, 5.41) is 5.63. The van der Waals surface area contributed by atoms with Crippen LogP contribution in [0.3, 0.4) is 0 Å². The molecular weight excluding hydrogens is 394 g/mol. The molecule has 0 aliphatic carbocycles. The summed E-state index contributed by atoms with van der Waals surface area (Å²) >= 11 is 3.40. The first-order chi connectivity index (χ1) is 12.5. The van der Waals surface area contributed by atoms with Crippen LogP contribution in [0, 0.1) is 5.92 Å². The van der Waals surface area contributed by atoms with Gasteiger partial charge < -0.3 is 15.5 Å². The molecular formula is C20H22BrN3O2. The molecule has 26 heavy (non-hydrogen) atoms. The van der Waals surface area contributed by atoms with E-state index >= 15 is 0 Å². The number of urea groups is 1. The third-order valence-electron chi connectivity index (χ3n) is 4.49. The summed E-state index contributed by atoms with van der Waals surface area (Å²) in [7, 11) is 0. The van der Waals surface area contributed by atoms with Gasteiger partial charge in [-0.25, -0.2) is 4.79 Å². The van der Waals surface area contributed by atoms with Crippen LogP contribution >= 0.6 is 15.9 Å². The lowest BCUT2D eigenvalue weighted by atomic mass is 10.0. The van der Waals surface area contributed by atoms with Crippen molar-refractivity contribution in [1.29, 1.82) is 0 Å². The van der Waals surface area contributed by atoms with Gasteiger partial charge in [-0.3, -0.25) is 4.79 Å². The van der Waals surface area contributed by atoms with E-state index in [0.29, 0.717) is 12.2 Å². The van der Waals surface area contributed by atoms with Crippen LogP contribution in [0.4, 0.5) is 16.2 Å². The van der Waals surface area contributed by atoms with Gasteiger partial charge >= 0.3 is 6.03 Å². The molecule has 6 heteroatoms. The second-order valence-electron chi connectivity index (χ2n) is 6.67. The molecule has 1 atom stereocenters. The number of amides is 3. The predicted molar refractivity (Wildman–Crippen MR) is 107 cm³/mol. The monoisotopic (exact) mass is 415 g/mol. The van der Waals surface area contributed by atoms with Crippen molar-refractivity contribution in [2.24, 2.45) is 5.92 Å². The number of hydrogen-bond acceptors (Lipinski definition) is 2. The second kappa shape index (κ2) is 7.91.